The van der Waals surface area contributed by atoms with E-state index in [4.69, 9.17) is 0 Å². The maximum Gasteiger partial charge on any atom is 0.251 e. The fraction of sp³-hybridized carbons (Fsp3) is 0.375. The first-order valence-electron chi connectivity index (χ1n) is 10.8. The highest BCUT2D eigenvalue weighted by atomic mass is 16.2. The van der Waals surface area contributed by atoms with Crippen LogP contribution in [0.5, 0.6) is 0 Å². The molecule has 0 fully saturated rings. The summed E-state index contributed by atoms with van der Waals surface area (Å²) < 4.78 is 0. The molecule has 31 heavy (non-hydrogen) atoms. The Morgan fingerprint density at radius 2 is 1.65 bits per heavy atom. The first-order chi connectivity index (χ1) is 14.9. The third-order valence-corrected chi connectivity index (χ3v) is 4.81. The maximum absolute atomic E-state index is 12.2. The van der Waals surface area contributed by atoms with Gasteiger partial charge < -0.3 is 21.3 Å². The highest BCUT2D eigenvalue weighted by Crippen LogP contribution is 2.12. The standard InChI is InChI=1S/C24H32N4O3/c1-4-6-14-25-23(30)18-10-12-20(13-11-18)28-22(29)16-26-21-9-7-8-19(15-21)24(31)27-17(3)5-2/h7-13,15,17,26H,4-6,14,16H2,1-3H3,(H,25,30)(H,27,31)(H,28,29). The summed E-state index contributed by atoms with van der Waals surface area (Å²) >= 11 is 0. The van der Waals surface area contributed by atoms with Crippen molar-refractivity contribution in [2.45, 2.75) is 46.1 Å². The molecular weight excluding hydrogens is 392 g/mol. The molecule has 3 amide bonds. The van der Waals surface area contributed by atoms with Gasteiger partial charge in [0.1, 0.15) is 0 Å². The molecular formula is C24H32N4O3. The van der Waals surface area contributed by atoms with Gasteiger partial charge in [-0.25, -0.2) is 0 Å². The van der Waals surface area contributed by atoms with Gasteiger partial charge in [0.2, 0.25) is 5.91 Å². The molecule has 0 aliphatic heterocycles. The zero-order chi connectivity index (χ0) is 22.6. The average Bonchev–Trinajstić information content (AvgIpc) is 2.78. The predicted octanol–water partition coefficient (Wildman–Crippen LogP) is 3.80. The largest absolute Gasteiger partial charge is 0.376 e. The van der Waals surface area contributed by atoms with Crippen molar-refractivity contribution < 1.29 is 14.4 Å². The van der Waals surface area contributed by atoms with Crippen LogP contribution in [0.3, 0.4) is 0 Å². The Labute approximate surface area is 184 Å². The highest BCUT2D eigenvalue weighted by Gasteiger charge is 2.10. The summed E-state index contributed by atoms with van der Waals surface area (Å²) in [5.74, 6) is -0.485. The molecule has 0 saturated carbocycles. The molecule has 4 N–H and O–H groups in total. The lowest BCUT2D eigenvalue weighted by molar-refractivity contribution is -0.114. The van der Waals surface area contributed by atoms with Crippen LogP contribution < -0.4 is 21.3 Å². The number of hydrogen-bond donors (Lipinski definition) is 4. The smallest absolute Gasteiger partial charge is 0.251 e. The minimum atomic E-state index is -0.227. The fourth-order valence-electron chi connectivity index (χ4n) is 2.75. The SMILES string of the molecule is CCCCNC(=O)c1ccc(NC(=O)CNc2cccc(C(=O)NC(C)CC)c2)cc1. The molecule has 2 aromatic carbocycles. The van der Waals surface area contributed by atoms with Crippen LogP contribution in [-0.2, 0) is 4.79 Å². The molecule has 0 aliphatic rings. The molecule has 0 aromatic heterocycles. The zero-order valence-electron chi connectivity index (χ0n) is 18.5. The van der Waals surface area contributed by atoms with Crippen LogP contribution in [0.2, 0.25) is 0 Å². The number of carbonyl (C=O) groups is 3. The number of unbranched alkanes of at least 4 members (excludes halogenated alkanes) is 1. The highest BCUT2D eigenvalue weighted by molar-refractivity contribution is 5.97. The molecule has 1 atom stereocenters. The molecule has 7 nitrogen and oxygen atoms in total. The van der Waals surface area contributed by atoms with Gasteiger partial charge in [-0.1, -0.05) is 26.3 Å². The Balaban J connectivity index is 1.84. The monoisotopic (exact) mass is 424 g/mol. The third-order valence-electron chi connectivity index (χ3n) is 4.81. The van der Waals surface area contributed by atoms with E-state index in [1.54, 1.807) is 48.5 Å². The van der Waals surface area contributed by atoms with E-state index in [2.05, 4.69) is 28.2 Å². The third kappa shape index (κ3) is 8.12. The number of hydrogen-bond acceptors (Lipinski definition) is 4. The lowest BCUT2D eigenvalue weighted by Crippen LogP contribution is -2.31. The Morgan fingerprint density at radius 1 is 0.903 bits per heavy atom. The van der Waals surface area contributed by atoms with Crippen molar-refractivity contribution in [3.63, 3.8) is 0 Å². The van der Waals surface area contributed by atoms with Crippen LogP contribution in [0.25, 0.3) is 0 Å². The van der Waals surface area contributed by atoms with Gasteiger partial charge in [-0.05, 0) is 62.2 Å². The maximum atomic E-state index is 12.2. The van der Waals surface area contributed by atoms with E-state index in [1.807, 2.05) is 13.8 Å². The van der Waals surface area contributed by atoms with Gasteiger partial charge in [-0.15, -0.1) is 0 Å². The fourth-order valence-corrected chi connectivity index (χ4v) is 2.75. The van der Waals surface area contributed by atoms with Crippen molar-refractivity contribution >= 4 is 29.1 Å². The lowest BCUT2D eigenvalue weighted by atomic mass is 10.1. The molecule has 2 aromatic rings. The van der Waals surface area contributed by atoms with Gasteiger partial charge >= 0.3 is 0 Å². The van der Waals surface area contributed by atoms with Crippen molar-refractivity contribution in [3.05, 3.63) is 59.7 Å². The number of amides is 3. The van der Waals surface area contributed by atoms with Crippen molar-refractivity contribution in [2.75, 3.05) is 23.7 Å². The summed E-state index contributed by atoms with van der Waals surface area (Å²) in [7, 11) is 0. The van der Waals surface area contributed by atoms with E-state index >= 15 is 0 Å². The van der Waals surface area contributed by atoms with Crippen LogP contribution in [0.4, 0.5) is 11.4 Å². The van der Waals surface area contributed by atoms with Gasteiger partial charge in [0.25, 0.3) is 11.8 Å². The van der Waals surface area contributed by atoms with Crippen molar-refractivity contribution in [1.82, 2.24) is 10.6 Å². The number of rotatable bonds is 11. The van der Waals surface area contributed by atoms with E-state index in [0.717, 1.165) is 19.3 Å². The van der Waals surface area contributed by atoms with Crippen molar-refractivity contribution in [3.8, 4) is 0 Å². The first kappa shape index (κ1) is 23.9. The average molecular weight is 425 g/mol. The lowest BCUT2D eigenvalue weighted by Gasteiger charge is -2.13. The molecule has 0 aliphatic carbocycles. The van der Waals surface area contributed by atoms with Gasteiger partial charge in [-0.2, -0.15) is 0 Å². The Hall–Kier alpha value is -3.35. The minimum absolute atomic E-state index is 0.0513. The van der Waals surface area contributed by atoms with Crippen LogP contribution in [0.1, 0.15) is 60.7 Å². The number of anilines is 2. The Bertz CT molecular complexity index is 881. The zero-order valence-corrected chi connectivity index (χ0v) is 18.5. The predicted molar refractivity (Wildman–Crippen MR) is 124 cm³/mol. The number of benzene rings is 2. The van der Waals surface area contributed by atoms with E-state index in [0.29, 0.717) is 29.0 Å². The van der Waals surface area contributed by atoms with Crippen LogP contribution in [0.15, 0.2) is 48.5 Å². The number of carbonyl (C=O) groups excluding carboxylic acids is 3. The summed E-state index contributed by atoms with van der Waals surface area (Å²) in [5.41, 5.74) is 2.39. The van der Waals surface area contributed by atoms with Crippen molar-refractivity contribution in [2.24, 2.45) is 0 Å². The summed E-state index contributed by atoms with van der Waals surface area (Å²) in [4.78, 5) is 36.5. The summed E-state index contributed by atoms with van der Waals surface area (Å²) in [6.07, 6.45) is 2.82. The Kier molecular flexibility index (Phi) is 9.55. The summed E-state index contributed by atoms with van der Waals surface area (Å²) in [5, 5.41) is 11.6. The normalized spacial score (nSPS) is 11.3. The molecule has 166 valence electrons. The van der Waals surface area contributed by atoms with E-state index in [9.17, 15) is 14.4 Å². The van der Waals surface area contributed by atoms with Crippen LogP contribution in [0, 0.1) is 0 Å². The van der Waals surface area contributed by atoms with Crippen molar-refractivity contribution in [1.29, 1.82) is 0 Å². The van der Waals surface area contributed by atoms with E-state index in [-0.39, 0.29) is 30.3 Å². The molecule has 0 heterocycles. The summed E-state index contributed by atoms with van der Waals surface area (Å²) in [6, 6.07) is 13.9. The molecule has 7 heteroatoms. The summed E-state index contributed by atoms with van der Waals surface area (Å²) in [6.45, 7) is 6.74. The minimum Gasteiger partial charge on any atom is -0.376 e. The van der Waals surface area contributed by atoms with Crippen LogP contribution >= 0.6 is 0 Å². The second-order valence-electron chi connectivity index (χ2n) is 7.45. The van der Waals surface area contributed by atoms with Gasteiger partial charge in [0.05, 0.1) is 6.54 Å². The molecule has 2 rings (SSSR count). The van der Waals surface area contributed by atoms with Gasteiger partial charge in [-0.3, -0.25) is 14.4 Å². The van der Waals surface area contributed by atoms with Crippen LogP contribution in [-0.4, -0.2) is 36.9 Å². The molecule has 0 spiro atoms. The second kappa shape index (κ2) is 12.4. The van der Waals surface area contributed by atoms with Gasteiger partial charge in [0.15, 0.2) is 0 Å². The number of nitrogens with one attached hydrogen (secondary N) is 4. The molecule has 1 unspecified atom stereocenters. The topological polar surface area (TPSA) is 99.3 Å². The molecule has 0 saturated heterocycles. The van der Waals surface area contributed by atoms with Gasteiger partial charge in [0, 0.05) is 35.1 Å². The molecule has 0 bridgehead atoms. The first-order valence-corrected chi connectivity index (χ1v) is 10.8. The second-order valence-corrected chi connectivity index (χ2v) is 7.45. The molecule has 0 radical (unpaired) electrons. The van der Waals surface area contributed by atoms with E-state index < -0.39 is 0 Å². The Morgan fingerprint density at radius 3 is 2.32 bits per heavy atom. The van der Waals surface area contributed by atoms with E-state index in [1.165, 1.54) is 0 Å². The quantitative estimate of drug-likeness (QED) is 0.412.